The van der Waals surface area contributed by atoms with Gasteiger partial charge in [-0.3, -0.25) is 0 Å². The van der Waals surface area contributed by atoms with Crippen molar-refractivity contribution in [1.82, 2.24) is 16.0 Å². The molecule has 1 saturated carbocycles. The van der Waals surface area contributed by atoms with Crippen LogP contribution in [0.2, 0.25) is 0 Å². The van der Waals surface area contributed by atoms with Gasteiger partial charge in [0.05, 0.1) is 24.3 Å². The summed E-state index contributed by atoms with van der Waals surface area (Å²) in [6, 6.07) is 4.98. The van der Waals surface area contributed by atoms with Gasteiger partial charge < -0.3 is 50.2 Å². The van der Waals surface area contributed by atoms with Crippen LogP contribution in [0.4, 0.5) is 4.39 Å². The third-order valence-electron chi connectivity index (χ3n) is 7.22. The Hall–Kier alpha value is -1.85. The van der Waals surface area contributed by atoms with Crippen molar-refractivity contribution in [1.29, 1.82) is 0 Å². The van der Waals surface area contributed by atoms with E-state index in [-0.39, 0.29) is 25.3 Å². The average Bonchev–Trinajstić information content (AvgIpc) is 2.81. The van der Waals surface area contributed by atoms with Gasteiger partial charge in [0, 0.05) is 25.1 Å². The third-order valence-corrected chi connectivity index (χ3v) is 7.22. The summed E-state index contributed by atoms with van der Waals surface area (Å²) < 4.78 is 37.7. The van der Waals surface area contributed by atoms with Crippen molar-refractivity contribution in [3.63, 3.8) is 0 Å². The highest BCUT2D eigenvalue weighted by Gasteiger charge is 2.68. The molecule has 2 aliphatic heterocycles. The number of hydrogen-bond donors (Lipinski definition) is 6. The van der Waals surface area contributed by atoms with Gasteiger partial charge in [0.1, 0.15) is 29.7 Å². The highest BCUT2D eigenvalue weighted by Crippen LogP contribution is 2.46. The fourth-order valence-corrected chi connectivity index (χ4v) is 5.47. The van der Waals surface area contributed by atoms with Crippen LogP contribution in [0.15, 0.2) is 24.3 Å². The smallest absolute Gasteiger partial charge is 0.249 e. The summed E-state index contributed by atoms with van der Waals surface area (Å²) >= 11 is 0. The Morgan fingerprint density at radius 3 is 2.54 bits per heavy atom. The molecule has 3 aliphatic rings. The van der Waals surface area contributed by atoms with Crippen molar-refractivity contribution in [2.45, 2.75) is 80.2 Å². The minimum Gasteiger partial charge on any atom is -0.439 e. The molecule has 1 aliphatic carbocycles. The minimum atomic E-state index is -2.30. The second-order valence-corrected chi connectivity index (χ2v) is 9.41. The lowest BCUT2D eigenvalue weighted by atomic mass is 9.77. The van der Waals surface area contributed by atoms with Gasteiger partial charge in [0.25, 0.3) is 0 Å². The van der Waals surface area contributed by atoms with E-state index < -0.39 is 60.3 Å². The minimum absolute atomic E-state index is 0.0151. The molecule has 35 heavy (non-hydrogen) atoms. The van der Waals surface area contributed by atoms with E-state index in [9.17, 15) is 19.7 Å². The summed E-state index contributed by atoms with van der Waals surface area (Å²) in [7, 11) is 3.30. The van der Waals surface area contributed by atoms with Crippen LogP contribution in [0, 0.1) is 18.3 Å². The summed E-state index contributed by atoms with van der Waals surface area (Å²) in [5.41, 5.74) is -1.45. The third kappa shape index (κ3) is 4.55. The summed E-state index contributed by atoms with van der Waals surface area (Å²) in [6.45, 7) is 1.72. The standard InChI is InChI=1S/C24H34FN3O7/c1-5-32-19-16(26-3)18(29)17(27-4)20-21(19)34-22-24(31,35-20)23(30,10-13(2)33-22)12-28-11-14-8-6-7-9-15(14)25/h1,6-9,13,16-22,26-31H,10-12H2,2-4H3/t13-,16-,17+,18+,19+,20-,21?,22+,23-,24-/m1/s1. The maximum atomic E-state index is 14.0. The second kappa shape index (κ2) is 10.3. The molecule has 194 valence electrons. The lowest BCUT2D eigenvalue weighted by Gasteiger charge is -2.60. The molecule has 2 heterocycles. The van der Waals surface area contributed by atoms with Crippen molar-refractivity contribution in [3.8, 4) is 12.5 Å². The molecule has 0 amide bonds. The Kier molecular flexibility index (Phi) is 7.68. The van der Waals surface area contributed by atoms with Crippen LogP contribution < -0.4 is 16.0 Å². The Morgan fingerprint density at radius 1 is 1.17 bits per heavy atom. The van der Waals surface area contributed by atoms with E-state index >= 15 is 0 Å². The van der Waals surface area contributed by atoms with Crippen LogP contribution in [0.3, 0.4) is 0 Å². The lowest BCUT2D eigenvalue weighted by Crippen LogP contribution is -2.81. The first kappa shape index (κ1) is 26.2. The quantitative estimate of drug-likeness (QED) is 0.256. The molecule has 10 atom stereocenters. The van der Waals surface area contributed by atoms with Gasteiger partial charge in [-0.05, 0) is 27.1 Å². The van der Waals surface area contributed by atoms with Crippen molar-refractivity contribution >= 4 is 0 Å². The molecule has 4 rings (SSSR count). The van der Waals surface area contributed by atoms with E-state index in [1.54, 1.807) is 39.2 Å². The number of aliphatic hydroxyl groups is 3. The largest absolute Gasteiger partial charge is 0.439 e. The van der Waals surface area contributed by atoms with E-state index in [0.717, 1.165) is 0 Å². The van der Waals surface area contributed by atoms with Crippen LogP contribution in [0.1, 0.15) is 18.9 Å². The van der Waals surface area contributed by atoms with E-state index in [0.29, 0.717) is 5.56 Å². The van der Waals surface area contributed by atoms with E-state index in [1.165, 1.54) is 6.07 Å². The predicted molar refractivity (Wildman–Crippen MR) is 122 cm³/mol. The monoisotopic (exact) mass is 495 g/mol. The number of ether oxygens (including phenoxy) is 4. The number of halogens is 1. The second-order valence-electron chi connectivity index (χ2n) is 9.41. The number of nitrogens with one attached hydrogen (secondary N) is 3. The van der Waals surface area contributed by atoms with Gasteiger partial charge in [0.2, 0.25) is 12.1 Å². The van der Waals surface area contributed by atoms with Crippen LogP contribution >= 0.6 is 0 Å². The lowest BCUT2D eigenvalue weighted by molar-refractivity contribution is -0.481. The van der Waals surface area contributed by atoms with E-state index in [2.05, 4.69) is 22.1 Å². The molecule has 0 bridgehead atoms. The van der Waals surface area contributed by atoms with Gasteiger partial charge in [-0.2, -0.15) is 0 Å². The number of likely N-dealkylation sites (N-methyl/N-ethyl adjacent to an activating group) is 2. The number of fused-ring (bicyclic) bond motifs is 2. The van der Waals surface area contributed by atoms with Crippen molar-refractivity contribution in [2.24, 2.45) is 0 Å². The molecule has 3 fully saturated rings. The molecule has 1 unspecified atom stereocenters. The number of hydrogen-bond acceptors (Lipinski definition) is 10. The number of terminal acetylenes is 1. The number of benzene rings is 1. The summed E-state index contributed by atoms with van der Waals surface area (Å²) in [4.78, 5) is 0. The van der Waals surface area contributed by atoms with Gasteiger partial charge in [-0.15, -0.1) is 0 Å². The molecule has 6 N–H and O–H groups in total. The molecule has 11 heteroatoms. The van der Waals surface area contributed by atoms with Crippen molar-refractivity contribution in [2.75, 3.05) is 20.6 Å². The van der Waals surface area contributed by atoms with Crippen molar-refractivity contribution < 1.29 is 38.7 Å². The molecule has 2 saturated heterocycles. The topological polar surface area (TPSA) is 134 Å². The van der Waals surface area contributed by atoms with Gasteiger partial charge >= 0.3 is 0 Å². The van der Waals surface area contributed by atoms with Crippen LogP contribution in [0.25, 0.3) is 0 Å². The molecule has 1 aromatic rings. The Balaban J connectivity index is 1.60. The highest BCUT2D eigenvalue weighted by molar-refractivity contribution is 5.18. The molecule has 0 aromatic heterocycles. The molecular formula is C24H34FN3O7. The van der Waals surface area contributed by atoms with E-state index in [1.807, 2.05) is 0 Å². The first-order chi connectivity index (χ1) is 16.7. The normalized spacial score (nSPS) is 43.0. The van der Waals surface area contributed by atoms with E-state index in [4.69, 9.17) is 25.4 Å². The van der Waals surface area contributed by atoms with Crippen LogP contribution in [0.5, 0.6) is 0 Å². The predicted octanol–water partition coefficient (Wildman–Crippen LogP) is -1.22. The molecule has 1 aromatic carbocycles. The SMILES string of the molecule is C#CO[C@@H]1C2O[C@@H]3O[C@H](C)C[C@@](O)(CNCc4ccccc4F)[C@]3(O)O[C@@H]2[C@@H](NC)[C@@H](O)[C@H]1NC. The molecular weight excluding hydrogens is 461 g/mol. The molecule has 0 radical (unpaired) electrons. The van der Waals surface area contributed by atoms with Gasteiger partial charge in [-0.25, -0.2) is 4.39 Å². The number of aliphatic hydroxyl groups excluding tert-OH is 1. The Morgan fingerprint density at radius 2 is 1.89 bits per heavy atom. The molecule has 10 nitrogen and oxygen atoms in total. The summed E-state index contributed by atoms with van der Waals surface area (Å²) in [6.07, 6.45) is 2.05. The maximum absolute atomic E-state index is 14.0. The van der Waals surface area contributed by atoms with Crippen LogP contribution in [-0.2, 0) is 25.5 Å². The Labute approximate surface area is 204 Å². The fourth-order valence-electron chi connectivity index (χ4n) is 5.47. The molecule has 0 spiro atoms. The zero-order chi connectivity index (χ0) is 25.4. The Bertz CT molecular complexity index is 935. The summed E-state index contributed by atoms with van der Waals surface area (Å²) in [5, 5.41) is 43.4. The van der Waals surface area contributed by atoms with Crippen LogP contribution in [-0.4, -0.2) is 96.2 Å². The number of rotatable bonds is 7. The first-order valence-electron chi connectivity index (χ1n) is 11.7. The maximum Gasteiger partial charge on any atom is 0.249 e. The van der Waals surface area contributed by atoms with Gasteiger partial charge in [0.15, 0.2) is 6.10 Å². The average molecular weight is 496 g/mol. The first-order valence-corrected chi connectivity index (χ1v) is 11.7. The zero-order valence-corrected chi connectivity index (χ0v) is 20.0. The fraction of sp³-hybridized carbons (Fsp3) is 0.667. The van der Waals surface area contributed by atoms with Gasteiger partial charge in [-0.1, -0.05) is 24.6 Å². The zero-order valence-electron chi connectivity index (χ0n) is 20.0. The van der Waals surface area contributed by atoms with Crippen molar-refractivity contribution in [3.05, 3.63) is 35.6 Å². The highest BCUT2D eigenvalue weighted by atomic mass is 19.1. The summed E-state index contributed by atoms with van der Waals surface area (Å²) in [5.74, 6) is -2.68.